The minimum atomic E-state index is 0.500. The van der Waals surface area contributed by atoms with Crippen molar-refractivity contribution in [1.82, 2.24) is 0 Å². The van der Waals surface area contributed by atoms with Gasteiger partial charge in [0, 0.05) is 0 Å². The van der Waals surface area contributed by atoms with Crippen LogP contribution in [0.5, 0.6) is 0 Å². The fourth-order valence-electron chi connectivity index (χ4n) is 0. The van der Waals surface area contributed by atoms with Gasteiger partial charge in [-0.15, -0.1) is 6.58 Å². The van der Waals surface area contributed by atoms with Crippen LogP contribution in [0, 0.1) is 0 Å². The normalized spacial score (nSPS) is 5.31. The summed E-state index contributed by atoms with van der Waals surface area (Å²) in [5, 5.41) is 0. The van der Waals surface area contributed by atoms with Gasteiger partial charge in [0.25, 0.3) is 0 Å². The fourth-order valence-corrected chi connectivity index (χ4v) is 0. The number of rotatable bonds is 0. The molecule has 0 amide bonds. The van der Waals surface area contributed by atoms with Crippen molar-refractivity contribution in [3.8, 4) is 0 Å². The van der Waals surface area contributed by atoms with Crippen molar-refractivity contribution in [2.75, 3.05) is 7.18 Å². The van der Waals surface area contributed by atoms with Gasteiger partial charge in [0.2, 0.25) is 0 Å². The van der Waals surface area contributed by atoms with Gasteiger partial charge in [-0.3, -0.25) is 4.39 Å². The van der Waals surface area contributed by atoms with E-state index in [4.69, 9.17) is 0 Å². The number of alkyl halides is 1. The summed E-state index contributed by atoms with van der Waals surface area (Å²) in [6, 6.07) is 0. The lowest BCUT2D eigenvalue weighted by molar-refractivity contribution is 0.636. The second-order valence-corrected chi connectivity index (χ2v) is 1.07. The van der Waals surface area contributed by atoms with Crippen molar-refractivity contribution in [2.24, 2.45) is 0 Å². The van der Waals surface area contributed by atoms with Gasteiger partial charge in [0.05, 0.1) is 7.18 Å². The maximum absolute atomic E-state index is 9.50. The lowest BCUT2D eigenvalue weighted by Gasteiger charge is -1.49. The lowest BCUT2D eigenvalue weighted by Crippen LogP contribution is -1.26. The zero-order valence-corrected chi connectivity index (χ0v) is 10.8. The molecule has 0 saturated heterocycles. The third-order valence-electron chi connectivity index (χ3n) is 0.333. The molecule has 0 aromatic heterocycles. The Balaban J connectivity index is -0.0000000215. The van der Waals surface area contributed by atoms with Crippen molar-refractivity contribution in [3.05, 3.63) is 24.8 Å². The van der Waals surface area contributed by atoms with Gasteiger partial charge in [-0.1, -0.05) is 45.9 Å². The minimum absolute atomic E-state index is 0.500. The van der Waals surface area contributed by atoms with Gasteiger partial charge in [0.1, 0.15) is 0 Å². The van der Waals surface area contributed by atoms with Crippen molar-refractivity contribution >= 4 is 0 Å². The molecule has 0 N–H and O–H groups in total. The van der Waals surface area contributed by atoms with Gasteiger partial charge in [-0.2, -0.15) is 0 Å². The van der Waals surface area contributed by atoms with Crippen LogP contribution in [0.3, 0.4) is 0 Å². The average molecular weight is 192 g/mol. The van der Waals surface area contributed by atoms with E-state index in [1.54, 1.807) is 6.08 Å². The molecule has 0 aliphatic rings. The predicted molar refractivity (Wildman–Crippen MR) is 66.1 cm³/mol. The first-order valence-electron chi connectivity index (χ1n) is 4.85. The third-order valence-corrected chi connectivity index (χ3v) is 0.333. The van der Waals surface area contributed by atoms with E-state index in [9.17, 15) is 4.39 Å². The highest BCUT2D eigenvalue weighted by atomic mass is 19.1. The Morgan fingerprint density at radius 3 is 0.846 bits per heavy atom. The summed E-state index contributed by atoms with van der Waals surface area (Å²) in [7, 11) is 0.500. The molecule has 0 radical (unpaired) electrons. The van der Waals surface area contributed by atoms with Crippen LogP contribution in [0.25, 0.3) is 0 Å². The highest BCUT2D eigenvalue weighted by molar-refractivity contribution is 4.68. The van der Waals surface area contributed by atoms with Crippen LogP contribution in [-0.2, 0) is 0 Å². The topological polar surface area (TPSA) is 0 Å². The number of allylic oxidation sites excluding steroid dienone is 3. The van der Waals surface area contributed by atoms with E-state index in [-0.39, 0.29) is 0 Å². The third kappa shape index (κ3) is 6010. The highest BCUT2D eigenvalue weighted by Gasteiger charge is 1.34. The molecule has 1 heteroatoms. The molecule has 0 aromatic rings. The number of halogens is 1. The van der Waals surface area contributed by atoms with Gasteiger partial charge in [-0.25, -0.2) is 0 Å². The maximum Gasteiger partial charge on any atom is 0.0785 e. The molecule has 0 saturated carbocycles. The molecule has 0 fully saturated rings. The van der Waals surface area contributed by atoms with Gasteiger partial charge in [-0.05, 0) is 20.8 Å². The summed E-state index contributed by atoms with van der Waals surface area (Å²) < 4.78 is 9.50. The predicted octanol–water partition coefficient (Wildman–Crippen LogP) is 5.41. The molecule has 0 rings (SSSR count). The van der Waals surface area contributed by atoms with Crippen molar-refractivity contribution in [3.63, 3.8) is 0 Å². The Morgan fingerprint density at radius 2 is 0.846 bits per heavy atom. The molecular weight excluding hydrogens is 163 g/mol. The van der Waals surface area contributed by atoms with Crippen molar-refractivity contribution in [2.45, 2.75) is 48.5 Å². The Kier molecular flexibility index (Phi) is 482. The lowest BCUT2D eigenvalue weighted by atomic mass is 10.6. The Morgan fingerprint density at radius 1 is 0.769 bits per heavy atom. The Labute approximate surface area is 85.6 Å². The second-order valence-electron chi connectivity index (χ2n) is 1.07. The monoisotopic (exact) mass is 192 g/mol. The first-order chi connectivity index (χ1) is 6.33. The fraction of sp³-hybridized carbons (Fsp3) is 0.667. The Hall–Kier alpha value is -0.590. The minimum Gasteiger partial charge on any atom is -0.255 e. The second kappa shape index (κ2) is 213. The van der Waals surface area contributed by atoms with E-state index >= 15 is 0 Å². The van der Waals surface area contributed by atoms with Crippen LogP contribution in [0.2, 0.25) is 0 Å². The van der Waals surface area contributed by atoms with Crippen molar-refractivity contribution in [1.29, 1.82) is 0 Å². The zero-order chi connectivity index (χ0) is 12.1. The van der Waals surface area contributed by atoms with Gasteiger partial charge in [0.15, 0.2) is 0 Å². The van der Waals surface area contributed by atoms with Crippen LogP contribution >= 0.6 is 0 Å². The molecule has 0 aromatic carbocycles. The molecule has 0 aliphatic heterocycles. The summed E-state index contributed by atoms with van der Waals surface area (Å²) in [5.74, 6) is 0. The molecule has 0 atom stereocenters. The number of hydrogen-bond acceptors (Lipinski definition) is 0. The molecule has 84 valence electrons. The zero-order valence-electron chi connectivity index (χ0n) is 10.8. The van der Waals surface area contributed by atoms with Crippen LogP contribution < -0.4 is 0 Å². The molecule has 0 aliphatic carbocycles. The van der Waals surface area contributed by atoms with Gasteiger partial charge >= 0.3 is 0 Å². The van der Waals surface area contributed by atoms with Crippen molar-refractivity contribution < 1.29 is 4.39 Å². The summed E-state index contributed by atoms with van der Waals surface area (Å²) in [6.07, 6.45) is 5.75. The van der Waals surface area contributed by atoms with Crippen LogP contribution in [0.15, 0.2) is 24.8 Å². The van der Waals surface area contributed by atoms with E-state index in [0.29, 0.717) is 7.18 Å². The van der Waals surface area contributed by atoms with Crippen LogP contribution in [0.4, 0.5) is 4.39 Å². The van der Waals surface area contributed by atoms with Crippen LogP contribution in [-0.4, -0.2) is 7.18 Å². The SMILES string of the molecule is C/C=C/C.C=CC.CC.CC.CF. The first-order valence-corrected chi connectivity index (χ1v) is 4.85. The summed E-state index contributed by atoms with van der Waals surface area (Å²) >= 11 is 0. The van der Waals surface area contributed by atoms with Crippen LogP contribution in [0.1, 0.15) is 48.5 Å². The van der Waals surface area contributed by atoms with E-state index in [2.05, 4.69) is 6.58 Å². The summed E-state index contributed by atoms with van der Waals surface area (Å²) in [4.78, 5) is 0. The molecule has 0 bridgehead atoms. The molecule has 0 heterocycles. The standard InChI is InChI=1S/C4H8.C3H6.2C2H6.CH3F/c1-3-4-2;1-3-2;3*1-2/h3-4H,1-2H3;3H,1H2,2H3;2*1-2H3;1H3/b4-3+;;;;. The van der Waals surface area contributed by atoms with E-state index < -0.39 is 0 Å². The largest absolute Gasteiger partial charge is 0.255 e. The Bertz CT molecular complexity index is 43.1. The van der Waals surface area contributed by atoms with Gasteiger partial charge < -0.3 is 0 Å². The molecule has 13 heavy (non-hydrogen) atoms. The summed E-state index contributed by atoms with van der Waals surface area (Å²) in [6.45, 7) is 17.2. The maximum atomic E-state index is 9.50. The van der Waals surface area contributed by atoms with E-state index in [0.717, 1.165) is 0 Å². The first kappa shape index (κ1) is 29.4. The highest BCUT2D eigenvalue weighted by Crippen LogP contribution is 1.57. The number of hydrogen-bond donors (Lipinski definition) is 0. The van der Waals surface area contributed by atoms with E-state index in [1.807, 2.05) is 60.6 Å². The molecule has 0 nitrogen and oxygen atoms in total. The van der Waals surface area contributed by atoms with E-state index in [1.165, 1.54) is 0 Å². The summed E-state index contributed by atoms with van der Waals surface area (Å²) in [5.41, 5.74) is 0. The average Bonchev–Trinajstić information content (AvgIpc) is 2.27. The molecule has 0 unspecified atom stereocenters. The molecule has 0 spiro atoms. The smallest absolute Gasteiger partial charge is 0.0785 e. The molecular formula is C12H29F. The quantitative estimate of drug-likeness (QED) is 0.450.